The second-order valence-corrected chi connectivity index (χ2v) is 8.77. The molecule has 2 atom stereocenters. The summed E-state index contributed by atoms with van der Waals surface area (Å²) >= 11 is 0. The lowest BCUT2D eigenvalue weighted by Crippen LogP contribution is -2.54. The molecule has 1 saturated heterocycles. The molecule has 4 N–H and O–H groups in total. The summed E-state index contributed by atoms with van der Waals surface area (Å²) in [7, 11) is 5.63. The monoisotopic (exact) mass is 478 g/mol. The zero-order chi connectivity index (χ0) is 25.1. The Labute approximate surface area is 203 Å². The molecule has 0 aromatic carbocycles. The van der Waals surface area contributed by atoms with Gasteiger partial charge in [-0.1, -0.05) is 0 Å². The van der Waals surface area contributed by atoms with Gasteiger partial charge in [-0.2, -0.15) is 5.10 Å². The number of piperidine rings is 1. The molecule has 0 aliphatic carbocycles. The molecule has 0 saturated carbocycles. The smallest absolute Gasteiger partial charge is 0.271 e. The molecule has 2 amide bonds. The lowest BCUT2D eigenvalue weighted by molar-refractivity contribution is 0.0918. The van der Waals surface area contributed by atoms with Gasteiger partial charge in [-0.05, 0) is 31.9 Å². The predicted molar refractivity (Wildman–Crippen MR) is 133 cm³/mol. The van der Waals surface area contributed by atoms with Gasteiger partial charge in [0.25, 0.3) is 11.8 Å². The molecular weight excluding hydrogens is 448 g/mol. The Bertz CT molecular complexity index is 1210. The van der Waals surface area contributed by atoms with Crippen molar-refractivity contribution in [3.8, 4) is 0 Å². The van der Waals surface area contributed by atoms with E-state index in [4.69, 9.17) is 5.73 Å². The third kappa shape index (κ3) is 5.31. The number of rotatable bonds is 7. The van der Waals surface area contributed by atoms with Gasteiger partial charge in [0.05, 0.1) is 30.0 Å². The first-order valence-corrected chi connectivity index (χ1v) is 11.4. The summed E-state index contributed by atoms with van der Waals surface area (Å²) in [5.74, 6) is -0.0593. The minimum Gasteiger partial charge on any atom is -0.376 e. The first-order chi connectivity index (χ1) is 16.7. The van der Waals surface area contributed by atoms with E-state index in [9.17, 15) is 9.59 Å². The highest BCUT2D eigenvalue weighted by Crippen LogP contribution is 2.26. The summed E-state index contributed by atoms with van der Waals surface area (Å²) in [5.41, 5.74) is 7.51. The third-order valence-corrected chi connectivity index (χ3v) is 6.06. The molecule has 0 bridgehead atoms. The third-order valence-electron chi connectivity index (χ3n) is 6.06. The number of pyridine rings is 1. The Morgan fingerprint density at radius 1 is 1.17 bits per heavy atom. The van der Waals surface area contributed by atoms with Crippen LogP contribution in [0.5, 0.6) is 0 Å². The predicted octanol–water partition coefficient (Wildman–Crippen LogP) is 1.30. The van der Waals surface area contributed by atoms with Crippen LogP contribution in [-0.4, -0.2) is 69.3 Å². The van der Waals surface area contributed by atoms with Crippen molar-refractivity contribution in [2.45, 2.75) is 31.8 Å². The van der Waals surface area contributed by atoms with Crippen molar-refractivity contribution in [1.29, 1.82) is 0 Å². The summed E-state index contributed by atoms with van der Waals surface area (Å²) in [6, 6.07) is 3.42. The molecule has 4 heterocycles. The van der Waals surface area contributed by atoms with E-state index in [-0.39, 0.29) is 29.5 Å². The molecule has 0 spiro atoms. The van der Waals surface area contributed by atoms with E-state index in [1.807, 2.05) is 32.0 Å². The van der Waals surface area contributed by atoms with Crippen molar-refractivity contribution < 1.29 is 9.59 Å². The molecule has 1 aliphatic heterocycles. The SMILES string of the molecule is C[C@@H]1[C@H](NC(=O)c2ccc(N(C)C)cn2)CCCN1c1cnc(C(N)=O)c(Nc2cnn(C)c2)n1. The van der Waals surface area contributed by atoms with E-state index in [1.165, 1.54) is 6.20 Å². The second-order valence-electron chi connectivity index (χ2n) is 8.77. The first-order valence-electron chi connectivity index (χ1n) is 11.4. The van der Waals surface area contributed by atoms with Crippen LogP contribution < -0.4 is 26.2 Å². The van der Waals surface area contributed by atoms with Gasteiger partial charge in [0, 0.05) is 46.0 Å². The molecule has 4 rings (SSSR count). The molecule has 35 heavy (non-hydrogen) atoms. The number of anilines is 4. The highest BCUT2D eigenvalue weighted by molar-refractivity contribution is 5.96. The summed E-state index contributed by atoms with van der Waals surface area (Å²) in [5, 5.41) is 10.3. The fourth-order valence-electron chi connectivity index (χ4n) is 4.09. The van der Waals surface area contributed by atoms with Crippen LogP contribution in [-0.2, 0) is 7.05 Å². The molecule has 0 radical (unpaired) electrons. The maximum atomic E-state index is 12.9. The topological polar surface area (TPSA) is 147 Å². The van der Waals surface area contributed by atoms with Gasteiger partial charge in [-0.3, -0.25) is 14.3 Å². The number of hydrogen-bond acceptors (Lipinski definition) is 9. The fourth-order valence-corrected chi connectivity index (χ4v) is 4.09. The van der Waals surface area contributed by atoms with E-state index in [0.29, 0.717) is 17.2 Å². The maximum absolute atomic E-state index is 12.9. The Hall–Kier alpha value is -4.22. The molecule has 3 aromatic rings. The van der Waals surface area contributed by atoms with E-state index in [2.05, 4.69) is 35.6 Å². The number of nitrogens with one attached hydrogen (secondary N) is 2. The van der Waals surface area contributed by atoms with Crippen LogP contribution in [0.4, 0.5) is 23.0 Å². The molecule has 12 nitrogen and oxygen atoms in total. The van der Waals surface area contributed by atoms with Gasteiger partial charge in [-0.15, -0.1) is 0 Å². The molecule has 0 unspecified atom stereocenters. The van der Waals surface area contributed by atoms with Crippen molar-refractivity contribution in [2.75, 3.05) is 35.8 Å². The van der Waals surface area contributed by atoms with Gasteiger partial charge in [0.2, 0.25) is 0 Å². The van der Waals surface area contributed by atoms with Gasteiger partial charge < -0.3 is 26.2 Å². The lowest BCUT2D eigenvalue weighted by atomic mass is 9.97. The Kier molecular flexibility index (Phi) is 6.80. The fraction of sp³-hybridized carbons (Fsp3) is 0.391. The molecule has 184 valence electrons. The van der Waals surface area contributed by atoms with Gasteiger partial charge in [-0.25, -0.2) is 15.0 Å². The zero-order valence-electron chi connectivity index (χ0n) is 20.3. The summed E-state index contributed by atoms with van der Waals surface area (Å²) in [6.07, 6.45) is 8.27. The zero-order valence-corrected chi connectivity index (χ0v) is 20.3. The molecular formula is C23H30N10O2. The minimum atomic E-state index is -0.681. The summed E-state index contributed by atoms with van der Waals surface area (Å²) < 4.78 is 1.63. The highest BCUT2D eigenvalue weighted by atomic mass is 16.2. The van der Waals surface area contributed by atoms with Crippen LogP contribution in [0.2, 0.25) is 0 Å². The summed E-state index contributed by atoms with van der Waals surface area (Å²) in [6.45, 7) is 2.77. The first kappa shape index (κ1) is 23.9. The Morgan fingerprint density at radius 2 is 1.97 bits per heavy atom. The molecule has 1 aliphatic rings. The van der Waals surface area contributed by atoms with Crippen molar-refractivity contribution >= 4 is 34.8 Å². The quantitative estimate of drug-likeness (QED) is 0.457. The number of nitrogens with zero attached hydrogens (tertiary/aromatic N) is 7. The van der Waals surface area contributed by atoms with E-state index in [1.54, 1.807) is 36.4 Å². The van der Waals surface area contributed by atoms with Crippen LogP contribution >= 0.6 is 0 Å². The average molecular weight is 479 g/mol. The van der Waals surface area contributed by atoms with E-state index < -0.39 is 5.91 Å². The second kappa shape index (κ2) is 9.95. The standard InChI is InChI=1S/C23H30N10O2/c1-14-17(29-23(35)18-8-7-16(11-25-18)31(2)3)6-5-9-33(14)19-12-26-20(21(24)34)22(30-19)28-15-10-27-32(4)13-15/h7-8,10-14,17H,5-6,9H2,1-4H3,(H2,24,34)(H,28,30)(H,29,35)/t14-,17-/m1/s1. The van der Waals surface area contributed by atoms with Crippen molar-refractivity contribution in [2.24, 2.45) is 12.8 Å². The van der Waals surface area contributed by atoms with Crippen LogP contribution in [0, 0.1) is 0 Å². The van der Waals surface area contributed by atoms with Crippen LogP contribution in [0.3, 0.4) is 0 Å². The van der Waals surface area contributed by atoms with Gasteiger partial charge >= 0.3 is 0 Å². The normalized spacial score (nSPS) is 17.7. The Morgan fingerprint density at radius 3 is 2.60 bits per heavy atom. The summed E-state index contributed by atoms with van der Waals surface area (Å²) in [4.78, 5) is 42.0. The average Bonchev–Trinajstić information content (AvgIpc) is 3.24. The number of primary amides is 1. The maximum Gasteiger partial charge on any atom is 0.271 e. The Balaban J connectivity index is 1.52. The molecule has 1 fully saturated rings. The van der Waals surface area contributed by atoms with E-state index in [0.717, 1.165) is 25.1 Å². The van der Waals surface area contributed by atoms with Crippen LogP contribution in [0.15, 0.2) is 36.9 Å². The minimum absolute atomic E-state index is 0.0411. The van der Waals surface area contributed by atoms with E-state index >= 15 is 0 Å². The van der Waals surface area contributed by atoms with Crippen molar-refractivity contribution in [1.82, 2.24) is 30.0 Å². The number of aryl methyl sites for hydroxylation is 1. The number of nitrogens with two attached hydrogens (primary N) is 1. The lowest BCUT2D eigenvalue weighted by Gasteiger charge is -2.40. The number of amides is 2. The number of hydrogen-bond donors (Lipinski definition) is 3. The number of aromatic nitrogens is 5. The van der Waals surface area contributed by atoms with Gasteiger partial charge in [0.1, 0.15) is 11.5 Å². The van der Waals surface area contributed by atoms with Crippen LogP contribution in [0.1, 0.15) is 40.7 Å². The molecule has 3 aromatic heterocycles. The highest BCUT2D eigenvalue weighted by Gasteiger charge is 2.31. The van der Waals surface area contributed by atoms with Crippen molar-refractivity contribution in [3.63, 3.8) is 0 Å². The van der Waals surface area contributed by atoms with Crippen LogP contribution in [0.25, 0.3) is 0 Å². The number of carbonyl (C=O) groups excluding carboxylic acids is 2. The number of carbonyl (C=O) groups is 2. The largest absolute Gasteiger partial charge is 0.376 e. The van der Waals surface area contributed by atoms with Gasteiger partial charge in [0.15, 0.2) is 11.5 Å². The molecule has 12 heteroatoms. The van der Waals surface area contributed by atoms with Crippen molar-refractivity contribution in [3.05, 3.63) is 48.3 Å².